The number of rotatable bonds is 2. The lowest BCUT2D eigenvalue weighted by molar-refractivity contribution is 1.21. The average Bonchev–Trinajstić information content (AvgIpc) is 2.25. The van der Waals surface area contributed by atoms with Gasteiger partial charge in [0, 0.05) is 16.0 Å². The van der Waals surface area contributed by atoms with Gasteiger partial charge >= 0.3 is 0 Å². The predicted octanol–water partition coefficient (Wildman–Crippen LogP) is 3.06. The highest BCUT2D eigenvalue weighted by atomic mass is 127. The van der Waals surface area contributed by atoms with E-state index in [1.165, 1.54) is 6.20 Å². The van der Waals surface area contributed by atoms with Crippen LogP contribution in [0.4, 0.5) is 17.3 Å². The minimum Gasteiger partial charge on any atom is -0.381 e. The fraction of sp³-hybridized carbons (Fsp3) is 0. The molecule has 0 saturated carbocycles. The molecule has 1 heterocycles. The first-order valence-electron chi connectivity index (χ1n) is 4.45. The number of hydrogen-bond donors (Lipinski definition) is 2. The number of nitrogen functional groups attached to an aromatic ring is 1. The van der Waals surface area contributed by atoms with Crippen LogP contribution in [0.5, 0.6) is 0 Å². The fourth-order valence-corrected chi connectivity index (χ4v) is 2.07. The smallest absolute Gasteiger partial charge is 0.173 e. The van der Waals surface area contributed by atoms with Gasteiger partial charge in [0.05, 0.1) is 10.7 Å². The third-order valence-electron chi connectivity index (χ3n) is 1.91. The summed E-state index contributed by atoms with van der Waals surface area (Å²) in [5.74, 6) is 0.850. The molecule has 1 aromatic heterocycles. The Labute approximate surface area is 111 Å². The zero-order chi connectivity index (χ0) is 11.5. The van der Waals surface area contributed by atoms with Gasteiger partial charge in [-0.05, 0) is 40.8 Å². The van der Waals surface area contributed by atoms with Crippen LogP contribution in [-0.4, -0.2) is 9.97 Å². The highest BCUT2D eigenvalue weighted by Crippen LogP contribution is 2.27. The Morgan fingerprint density at radius 3 is 2.69 bits per heavy atom. The SMILES string of the molecule is Nc1nccnc1Nc1ccc(I)cc1Cl. The molecule has 6 heteroatoms. The van der Waals surface area contributed by atoms with Gasteiger partial charge < -0.3 is 11.1 Å². The first-order valence-corrected chi connectivity index (χ1v) is 5.91. The summed E-state index contributed by atoms with van der Waals surface area (Å²) in [5, 5.41) is 3.66. The maximum absolute atomic E-state index is 6.08. The number of nitrogens with two attached hydrogens (primary N) is 1. The number of nitrogens with one attached hydrogen (secondary N) is 1. The molecule has 2 rings (SSSR count). The number of nitrogens with zero attached hydrogens (tertiary/aromatic N) is 2. The molecule has 0 radical (unpaired) electrons. The summed E-state index contributed by atoms with van der Waals surface area (Å²) < 4.78 is 1.07. The second-order valence-corrected chi connectivity index (χ2v) is 4.69. The molecule has 0 aliphatic heterocycles. The van der Waals surface area contributed by atoms with Crippen LogP contribution < -0.4 is 11.1 Å². The van der Waals surface area contributed by atoms with Crippen LogP contribution in [0, 0.1) is 3.57 Å². The normalized spacial score (nSPS) is 10.1. The maximum atomic E-state index is 6.08. The molecule has 3 N–H and O–H groups in total. The first-order chi connectivity index (χ1) is 7.66. The molecular weight excluding hydrogens is 338 g/mol. The van der Waals surface area contributed by atoms with Crippen molar-refractivity contribution in [3.05, 3.63) is 39.2 Å². The highest BCUT2D eigenvalue weighted by molar-refractivity contribution is 14.1. The van der Waals surface area contributed by atoms with E-state index in [-0.39, 0.29) is 0 Å². The Hall–Kier alpha value is -1.08. The van der Waals surface area contributed by atoms with Crippen LogP contribution in [0.2, 0.25) is 5.02 Å². The Bertz CT molecular complexity index is 518. The van der Waals surface area contributed by atoms with Crippen molar-refractivity contribution in [2.75, 3.05) is 11.1 Å². The number of anilines is 3. The Morgan fingerprint density at radius 1 is 1.25 bits per heavy atom. The van der Waals surface area contributed by atoms with Gasteiger partial charge in [0.1, 0.15) is 0 Å². The fourth-order valence-electron chi connectivity index (χ4n) is 1.16. The minimum atomic E-state index is 0.345. The van der Waals surface area contributed by atoms with E-state index in [0.29, 0.717) is 16.7 Å². The Balaban J connectivity index is 2.31. The molecule has 1 aromatic carbocycles. The van der Waals surface area contributed by atoms with Gasteiger partial charge in [-0.3, -0.25) is 0 Å². The van der Waals surface area contributed by atoms with Crippen molar-refractivity contribution < 1.29 is 0 Å². The van der Waals surface area contributed by atoms with E-state index in [4.69, 9.17) is 17.3 Å². The van der Waals surface area contributed by atoms with Gasteiger partial charge in [-0.25, -0.2) is 9.97 Å². The first kappa shape index (κ1) is 11.4. The van der Waals surface area contributed by atoms with Crippen molar-refractivity contribution in [1.82, 2.24) is 9.97 Å². The summed E-state index contributed by atoms with van der Waals surface area (Å²) in [5.41, 5.74) is 6.43. The largest absolute Gasteiger partial charge is 0.381 e. The van der Waals surface area contributed by atoms with E-state index in [2.05, 4.69) is 37.9 Å². The van der Waals surface area contributed by atoms with E-state index in [9.17, 15) is 0 Å². The van der Waals surface area contributed by atoms with Crippen LogP contribution in [0.15, 0.2) is 30.6 Å². The molecule has 0 fully saturated rings. The van der Waals surface area contributed by atoms with Crippen LogP contribution in [0.25, 0.3) is 0 Å². The van der Waals surface area contributed by atoms with E-state index in [0.717, 1.165) is 9.26 Å². The van der Waals surface area contributed by atoms with Gasteiger partial charge in [0.2, 0.25) is 0 Å². The molecule has 2 aromatic rings. The summed E-state index contributed by atoms with van der Waals surface area (Å²) in [6.07, 6.45) is 3.11. The Kier molecular flexibility index (Phi) is 3.45. The standard InChI is InChI=1S/C10H8ClIN4/c11-7-5-6(12)1-2-8(7)16-10-9(13)14-3-4-15-10/h1-5H,(H2,13,14)(H,15,16). The summed E-state index contributed by atoms with van der Waals surface area (Å²) in [6, 6.07) is 5.68. The number of benzene rings is 1. The molecule has 0 aliphatic rings. The van der Waals surface area contributed by atoms with E-state index in [1.807, 2.05) is 18.2 Å². The third-order valence-corrected chi connectivity index (χ3v) is 2.89. The van der Waals surface area contributed by atoms with Crippen molar-refractivity contribution >= 4 is 51.5 Å². The van der Waals surface area contributed by atoms with Gasteiger partial charge in [0.15, 0.2) is 11.6 Å². The Morgan fingerprint density at radius 2 is 2.00 bits per heavy atom. The molecular formula is C10H8ClIN4. The zero-order valence-electron chi connectivity index (χ0n) is 8.11. The maximum Gasteiger partial charge on any atom is 0.173 e. The predicted molar refractivity (Wildman–Crippen MR) is 73.9 cm³/mol. The quantitative estimate of drug-likeness (QED) is 0.820. The summed E-state index contributed by atoms with van der Waals surface area (Å²) in [4.78, 5) is 8.01. The van der Waals surface area contributed by atoms with Crippen molar-refractivity contribution in [2.45, 2.75) is 0 Å². The lowest BCUT2D eigenvalue weighted by Gasteiger charge is -2.08. The van der Waals surface area contributed by atoms with E-state index < -0.39 is 0 Å². The van der Waals surface area contributed by atoms with Crippen LogP contribution in [-0.2, 0) is 0 Å². The molecule has 0 saturated heterocycles. The van der Waals surface area contributed by atoms with Gasteiger partial charge in [-0.15, -0.1) is 0 Å². The van der Waals surface area contributed by atoms with Gasteiger partial charge in [0.25, 0.3) is 0 Å². The minimum absolute atomic E-state index is 0.345. The molecule has 0 spiro atoms. The number of hydrogen-bond acceptors (Lipinski definition) is 4. The molecule has 0 bridgehead atoms. The highest BCUT2D eigenvalue weighted by Gasteiger charge is 2.05. The van der Waals surface area contributed by atoms with Crippen LogP contribution >= 0.6 is 34.2 Å². The van der Waals surface area contributed by atoms with Crippen molar-refractivity contribution in [1.29, 1.82) is 0 Å². The molecule has 82 valence electrons. The van der Waals surface area contributed by atoms with Crippen LogP contribution in [0.1, 0.15) is 0 Å². The summed E-state index contributed by atoms with van der Waals surface area (Å²) in [7, 11) is 0. The lowest BCUT2D eigenvalue weighted by Crippen LogP contribution is -2.01. The molecule has 16 heavy (non-hydrogen) atoms. The topological polar surface area (TPSA) is 63.8 Å². The van der Waals surface area contributed by atoms with Crippen LogP contribution in [0.3, 0.4) is 0 Å². The molecule has 0 amide bonds. The van der Waals surface area contributed by atoms with Crippen molar-refractivity contribution in [3.63, 3.8) is 0 Å². The molecule has 4 nitrogen and oxygen atoms in total. The number of halogens is 2. The lowest BCUT2D eigenvalue weighted by atomic mass is 10.3. The summed E-state index contributed by atoms with van der Waals surface area (Å²) in [6.45, 7) is 0. The zero-order valence-corrected chi connectivity index (χ0v) is 11.0. The average molecular weight is 347 g/mol. The summed E-state index contributed by atoms with van der Waals surface area (Å²) >= 11 is 8.27. The second kappa shape index (κ2) is 4.84. The van der Waals surface area contributed by atoms with E-state index >= 15 is 0 Å². The second-order valence-electron chi connectivity index (χ2n) is 3.04. The van der Waals surface area contributed by atoms with Crippen molar-refractivity contribution in [2.24, 2.45) is 0 Å². The molecule has 0 aliphatic carbocycles. The van der Waals surface area contributed by atoms with E-state index in [1.54, 1.807) is 6.20 Å². The van der Waals surface area contributed by atoms with Crippen molar-refractivity contribution in [3.8, 4) is 0 Å². The van der Waals surface area contributed by atoms with Gasteiger partial charge in [-0.2, -0.15) is 0 Å². The number of aromatic nitrogens is 2. The third kappa shape index (κ3) is 2.53. The van der Waals surface area contributed by atoms with Gasteiger partial charge in [-0.1, -0.05) is 11.6 Å². The molecule has 0 atom stereocenters. The monoisotopic (exact) mass is 346 g/mol. The molecule has 0 unspecified atom stereocenters.